The first kappa shape index (κ1) is 19.5. The fraction of sp³-hybridized carbons (Fsp3) is 0.200. The third-order valence-electron chi connectivity index (χ3n) is 3.84. The summed E-state index contributed by atoms with van der Waals surface area (Å²) < 4.78 is 5.42. The van der Waals surface area contributed by atoms with E-state index in [4.69, 9.17) is 16.3 Å². The van der Waals surface area contributed by atoms with Crippen LogP contribution in [0.15, 0.2) is 54.6 Å². The van der Waals surface area contributed by atoms with Gasteiger partial charge in [-0.1, -0.05) is 65.4 Å². The summed E-state index contributed by atoms with van der Waals surface area (Å²) in [4.78, 5) is 17.0. The third-order valence-corrected chi connectivity index (χ3v) is 5.20. The number of carbonyl (C=O) groups is 1. The Hall–Kier alpha value is -2.25. The number of hydrogen-bond donors (Lipinski definition) is 2. The van der Waals surface area contributed by atoms with Crippen molar-refractivity contribution in [3.63, 3.8) is 0 Å². The lowest BCUT2D eigenvalue weighted by molar-refractivity contribution is -0.121. The quantitative estimate of drug-likeness (QED) is 0.616. The zero-order valence-electron chi connectivity index (χ0n) is 14.7. The molecule has 7 heteroatoms. The number of halogens is 1. The highest BCUT2D eigenvalue weighted by atomic mass is 35.5. The molecule has 0 fully saturated rings. The van der Waals surface area contributed by atoms with Crippen LogP contribution in [0.3, 0.4) is 0 Å². The van der Waals surface area contributed by atoms with E-state index < -0.39 is 6.10 Å². The van der Waals surface area contributed by atoms with Crippen molar-refractivity contribution in [2.24, 2.45) is 0 Å². The molecular weight excluding hydrogens is 384 g/mol. The van der Waals surface area contributed by atoms with Crippen molar-refractivity contribution in [1.82, 2.24) is 4.98 Å². The Labute approximate surface area is 166 Å². The maximum Gasteiger partial charge on any atom is 0.252 e. The molecule has 2 N–H and O–H groups in total. The van der Waals surface area contributed by atoms with Crippen molar-refractivity contribution in [1.29, 1.82) is 0 Å². The van der Waals surface area contributed by atoms with E-state index in [1.807, 2.05) is 30.3 Å². The molecule has 1 unspecified atom stereocenters. The number of aliphatic hydroxyl groups is 1. The summed E-state index contributed by atoms with van der Waals surface area (Å²) in [5.74, 6) is -0.288. The van der Waals surface area contributed by atoms with Crippen LogP contribution >= 0.6 is 22.9 Å². The number of carbonyl (C=O) groups excluding carboxylic acids is 1. The molecular formula is C20H19ClN2O3S. The van der Waals surface area contributed by atoms with Crippen molar-refractivity contribution in [2.45, 2.75) is 19.6 Å². The molecule has 0 bridgehead atoms. The summed E-state index contributed by atoms with van der Waals surface area (Å²) in [6.07, 6.45) is -0.846. The van der Waals surface area contributed by atoms with E-state index in [1.54, 1.807) is 31.2 Å². The molecule has 1 amide bonds. The van der Waals surface area contributed by atoms with Gasteiger partial charge in [-0.25, -0.2) is 4.98 Å². The van der Waals surface area contributed by atoms with Gasteiger partial charge in [-0.3, -0.25) is 10.1 Å². The van der Waals surface area contributed by atoms with E-state index in [2.05, 4.69) is 10.3 Å². The fourth-order valence-electron chi connectivity index (χ4n) is 2.53. The first-order valence-corrected chi connectivity index (χ1v) is 9.55. The van der Waals surface area contributed by atoms with E-state index in [0.717, 1.165) is 5.56 Å². The summed E-state index contributed by atoms with van der Waals surface area (Å²) >= 11 is 7.22. The SMILES string of the molecule is Cc1nc(NC(=O)COCc2ccccc2)sc1C(O)c1cccc(Cl)c1. The van der Waals surface area contributed by atoms with Gasteiger partial charge in [-0.15, -0.1) is 0 Å². The number of rotatable bonds is 7. The van der Waals surface area contributed by atoms with Crippen molar-refractivity contribution < 1.29 is 14.6 Å². The van der Waals surface area contributed by atoms with Gasteiger partial charge in [-0.2, -0.15) is 0 Å². The number of aryl methyl sites for hydroxylation is 1. The van der Waals surface area contributed by atoms with Gasteiger partial charge in [0.25, 0.3) is 5.91 Å². The maximum atomic E-state index is 12.1. The molecule has 1 atom stereocenters. The lowest BCUT2D eigenvalue weighted by atomic mass is 10.1. The smallest absolute Gasteiger partial charge is 0.252 e. The Morgan fingerprint density at radius 2 is 2.04 bits per heavy atom. The molecule has 0 radical (unpaired) electrons. The van der Waals surface area contributed by atoms with Crippen molar-refractivity contribution in [2.75, 3.05) is 11.9 Å². The van der Waals surface area contributed by atoms with Crippen molar-refractivity contribution in [3.8, 4) is 0 Å². The van der Waals surface area contributed by atoms with Crippen LogP contribution in [0.1, 0.15) is 27.8 Å². The number of anilines is 1. The molecule has 2 aromatic carbocycles. The summed E-state index contributed by atoms with van der Waals surface area (Å²) in [5.41, 5.74) is 2.34. The van der Waals surface area contributed by atoms with Crippen LogP contribution in [-0.4, -0.2) is 22.6 Å². The standard InChI is InChI=1S/C20H19ClN2O3S/c1-13-19(18(25)15-8-5-9-16(21)10-15)27-20(22-13)23-17(24)12-26-11-14-6-3-2-4-7-14/h2-10,18,25H,11-12H2,1H3,(H,22,23,24). The molecule has 3 aromatic rings. The molecule has 5 nitrogen and oxygen atoms in total. The molecule has 0 spiro atoms. The number of thiazole rings is 1. The monoisotopic (exact) mass is 402 g/mol. The topological polar surface area (TPSA) is 71.5 Å². The van der Waals surface area contributed by atoms with Crippen molar-refractivity contribution in [3.05, 3.63) is 81.3 Å². The number of amides is 1. The number of hydrogen-bond acceptors (Lipinski definition) is 5. The highest BCUT2D eigenvalue weighted by Crippen LogP contribution is 2.33. The lowest BCUT2D eigenvalue weighted by Crippen LogP contribution is -2.18. The summed E-state index contributed by atoms with van der Waals surface area (Å²) in [6, 6.07) is 16.7. The van der Waals surface area contributed by atoms with E-state index in [9.17, 15) is 9.90 Å². The van der Waals surface area contributed by atoms with Crippen LogP contribution in [0.2, 0.25) is 5.02 Å². The predicted molar refractivity (Wildman–Crippen MR) is 107 cm³/mol. The number of nitrogens with one attached hydrogen (secondary N) is 1. The molecule has 0 aliphatic heterocycles. The molecule has 3 rings (SSSR count). The van der Waals surface area contributed by atoms with Crippen LogP contribution in [0.5, 0.6) is 0 Å². The number of aromatic nitrogens is 1. The average Bonchev–Trinajstić information content (AvgIpc) is 3.02. The van der Waals surface area contributed by atoms with Gasteiger partial charge >= 0.3 is 0 Å². The minimum absolute atomic E-state index is 0.0697. The number of benzene rings is 2. The Balaban J connectivity index is 1.58. The normalized spacial score (nSPS) is 12.0. The minimum Gasteiger partial charge on any atom is -0.383 e. The molecule has 0 saturated carbocycles. The van der Waals surface area contributed by atoms with Crippen LogP contribution in [0.25, 0.3) is 0 Å². The van der Waals surface area contributed by atoms with Crippen LogP contribution in [0.4, 0.5) is 5.13 Å². The predicted octanol–water partition coefficient (Wildman–Crippen LogP) is 4.34. The van der Waals surface area contributed by atoms with Gasteiger partial charge in [0.05, 0.1) is 17.2 Å². The van der Waals surface area contributed by atoms with Gasteiger partial charge in [0.15, 0.2) is 5.13 Å². The van der Waals surface area contributed by atoms with Crippen LogP contribution < -0.4 is 5.32 Å². The van der Waals surface area contributed by atoms with Gasteiger partial charge in [-0.05, 0) is 30.2 Å². The van der Waals surface area contributed by atoms with E-state index >= 15 is 0 Å². The Morgan fingerprint density at radius 1 is 1.26 bits per heavy atom. The largest absolute Gasteiger partial charge is 0.383 e. The Morgan fingerprint density at radius 3 is 2.78 bits per heavy atom. The molecule has 1 aromatic heterocycles. The average molecular weight is 403 g/mol. The zero-order chi connectivity index (χ0) is 19.2. The second-order valence-corrected chi connectivity index (χ2v) is 7.42. The molecule has 1 heterocycles. The van der Waals surface area contributed by atoms with E-state index in [0.29, 0.717) is 32.9 Å². The van der Waals surface area contributed by atoms with Gasteiger partial charge in [0.1, 0.15) is 12.7 Å². The second-order valence-electron chi connectivity index (χ2n) is 5.95. The molecule has 0 saturated heterocycles. The third kappa shape index (κ3) is 5.37. The summed E-state index contributed by atoms with van der Waals surface area (Å²) in [6.45, 7) is 2.09. The summed E-state index contributed by atoms with van der Waals surface area (Å²) in [7, 11) is 0. The maximum absolute atomic E-state index is 12.1. The highest BCUT2D eigenvalue weighted by Gasteiger charge is 2.19. The molecule has 0 aliphatic carbocycles. The zero-order valence-corrected chi connectivity index (χ0v) is 16.3. The minimum atomic E-state index is -0.846. The fourth-order valence-corrected chi connectivity index (χ4v) is 3.73. The van der Waals surface area contributed by atoms with Gasteiger partial charge < -0.3 is 9.84 Å². The van der Waals surface area contributed by atoms with Gasteiger partial charge in [0.2, 0.25) is 0 Å². The van der Waals surface area contributed by atoms with Crippen LogP contribution in [0, 0.1) is 6.92 Å². The highest BCUT2D eigenvalue weighted by molar-refractivity contribution is 7.16. The number of nitrogens with zero attached hydrogens (tertiary/aromatic N) is 1. The Bertz CT molecular complexity index is 915. The lowest BCUT2D eigenvalue weighted by Gasteiger charge is -2.09. The van der Waals surface area contributed by atoms with E-state index in [1.165, 1.54) is 11.3 Å². The first-order valence-electron chi connectivity index (χ1n) is 8.35. The first-order chi connectivity index (χ1) is 13.0. The number of aliphatic hydroxyl groups excluding tert-OH is 1. The second kappa shape index (κ2) is 9.10. The van der Waals surface area contributed by atoms with Crippen molar-refractivity contribution >= 4 is 34.0 Å². The Kier molecular flexibility index (Phi) is 6.58. The molecule has 0 aliphatic rings. The van der Waals surface area contributed by atoms with Gasteiger partial charge in [0, 0.05) is 5.02 Å². The summed E-state index contributed by atoms with van der Waals surface area (Å²) in [5, 5.41) is 14.3. The van der Waals surface area contributed by atoms with E-state index in [-0.39, 0.29) is 12.5 Å². The number of ether oxygens (including phenoxy) is 1. The van der Waals surface area contributed by atoms with Crippen LogP contribution in [-0.2, 0) is 16.1 Å². The molecule has 140 valence electrons. The molecule has 27 heavy (non-hydrogen) atoms.